The van der Waals surface area contributed by atoms with Gasteiger partial charge in [0.2, 0.25) is 5.91 Å². The Morgan fingerprint density at radius 2 is 2.03 bits per heavy atom. The van der Waals surface area contributed by atoms with Gasteiger partial charge in [0, 0.05) is 31.0 Å². The van der Waals surface area contributed by atoms with Crippen LogP contribution in [0.3, 0.4) is 0 Å². The second-order valence-corrected chi connectivity index (χ2v) is 9.41. The summed E-state index contributed by atoms with van der Waals surface area (Å²) in [7, 11) is -3.87. The Bertz CT molecular complexity index is 1020. The van der Waals surface area contributed by atoms with Gasteiger partial charge in [-0.1, -0.05) is 6.07 Å². The molecule has 0 radical (unpaired) electrons. The molecule has 1 aliphatic heterocycles. The van der Waals surface area contributed by atoms with Crippen LogP contribution in [-0.2, 0) is 21.0 Å². The largest absolute Gasteiger partial charge is 0.416 e. The molecule has 164 valence electrons. The molecule has 0 spiro atoms. The highest BCUT2D eigenvalue weighted by Gasteiger charge is 2.35. The lowest BCUT2D eigenvalue weighted by Gasteiger charge is -2.30. The third-order valence-electron chi connectivity index (χ3n) is 4.99. The number of carbonyl (C=O) groups is 1. The summed E-state index contributed by atoms with van der Waals surface area (Å²) in [6.07, 6.45) is -0.719. The maximum atomic E-state index is 12.9. The number of nitrogens with one attached hydrogen (secondary N) is 1. The molecule has 1 amide bonds. The van der Waals surface area contributed by atoms with Gasteiger partial charge in [-0.25, -0.2) is 13.4 Å². The number of anilines is 1. The van der Waals surface area contributed by atoms with Crippen LogP contribution in [0.15, 0.2) is 41.8 Å². The van der Waals surface area contributed by atoms with E-state index in [-0.39, 0.29) is 29.8 Å². The van der Waals surface area contributed by atoms with Crippen LogP contribution in [-0.4, -0.2) is 41.3 Å². The summed E-state index contributed by atoms with van der Waals surface area (Å²) in [4.78, 5) is 16.6. The minimum absolute atomic E-state index is 0.0190. The third kappa shape index (κ3) is 4.84. The molecule has 2 aromatic rings. The molecule has 1 saturated heterocycles. The van der Waals surface area contributed by atoms with Crippen LogP contribution in [0.5, 0.6) is 0 Å². The van der Waals surface area contributed by atoms with Crippen LogP contribution in [0.2, 0.25) is 0 Å². The van der Waals surface area contributed by atoms with E-state index in [0.29, 0.717) is 12.8 Å². The van der Waals surface area contributed by atoms with Gasteiger partial charge in [0.25, 0.3) is 10.0 Å². The van der Waals surface area contributed by atoms with Crippen LogP contribution >= 0.6 is 0 Å². The molecular formula is C19H23F3N4O3S. The van der Waals surface area contributed by atoms with E-state index in [9.17, 15) is 26.4 Å². The standard InChI is InChI=1S/C19H23F3N4O3S/c1-13(2)25-11-17(23-12-25)30(28,29)26-8-4-5-14(10-26)18(27)24-16-7-3-6-15(9-16)19(20,21)22/h3,6-7,9,11-14H,4-5,8,10H2,1-2H3,(H,24,27)/t14-/m1/s1. The zero-order chi connectivity index (χ0) is 22.1. The molecular weight excluding hydrogens is 421 g/mol. The first-order chi connectivity index (χ1) is 14.0. The Labute approximate surface area is 172 Å². The zero-order valence-corrected chi connectivity index (χ0v) is 17.4. The maximum absolute atomic E-state index is 12.9. The summed E-state index contributed by atoms with van der Waals surface area (Å²) >= 11 is 0. The van der Waals surface area contributed by atoms with Crippen LogP contribution in [0.4, 0.5) is 18.9 Å². The van der Waals surface area contributed by atoms with Gasteiger partial charge < -0.3 is 9.88 Å². The predicted octanol–water partition coefficient (Wildman–Crippen LogP) is 3.52. The number of amides is 1. The van der Waals surface area contributed by atoms with E-state index in [0.717, 1.165) is 12.1 Å². The number of benzene rings is 1. The average Bonchev–Trinajstić information content (AvgIpc) is 3.19. The van der Waals surface area contributed by atoms with Crippen molar-refractivity contribution in [2.75, 3.05) is 18.4 Å². The van der Waals surface area contributed by atoms with Gasteiger partial charge in [-0.2, -0.15) is 17.5 Å². The summed E-state index contributed by atoms with van der Waals surface area (Å²) in [5, 5.41) is 2.39. The molecule has 0 saturated carbocycles. The summed E-state index contributed by atoms with van der Waals surface area (Å²) in [6.45, 7) is 3.99. The fourth-order valence-corrected chi connectivity index (χ4v) is 4.70. The number of carbonyl (C=O) groups excluding carboxylic acids is 1. The Hall–Kier alpha value is -2.40. The second-order valence-electron chi connectivity index (χ2n) is 7.52. The van der Waals surface area contributed by atoms with Crippen LogP contribution < -0.4 is 5.32 Å². The highest BCUT2D eigenvalue weighted by atomic mass is 32.2. The lowest BCUT2D eigenvalue weighted by atomic mass is 9.98. The number of hydrogen-bond acceptors (Lipinski definition) is 4. The molecule has 1 N–H and O–H groups in total. The van der Waals surface area contributed by atoms with E-state index in [2.05, 4.69) is 10.3 Å². The van der Waals surface area contributed by atoms with Crippen molar-refractivity contribution in [2.45, 2.75) is 43.9 Å². The SMILES string of the molecule is CC(C)n1cnc(S(=O)(=O)N2CCC[C@@H](C(=O)Nc3cccc(C(F)(F)F)c3)C2)c1. The van der Waals surface area contributed by atoms with Gasteiger partial charge in [0.1, 0.15) is 0 Å². The number of alkyl halides is 3. The number of hydrogen-bond donors (Lipinski definition) is 1. The molecule has 1 aliphatic rings. The molecule has 1 atom stereocenters. The lowest BCUT2D eigenvalue weighted by Crippen LogP contribution is -2.43. The number of imidazole rings is 1. The van der Waals surface area contributed by atoms with E-state index in [1.165, 1.54) is 29.0 Å². The summed E-state index contributed by atoms with van der Waals surface area (Å²) in [5.74, 6) is -1.18. The second kappa shape index (κ2) is 8.38. The van der Waals surface area contributed by atoms with Crippen LogP contribution in [0, 0.1) is 5.92 Å². The van der Waals surface area contributed by atoms with E-state index in [4.69, 9.17) is 0 Å². The molecule has 11 heteroatoms. The van der Waals surface area contributed by atoms with Crippen molar-refractivity contribution in [2.24, 2.45) is 5.92 Å². The smallest absolute Gasteiger partial charge is 0.334 e. The van der Waals surface area contributed by atoms with Gasteiger partial charge in [-0.05, 0) is 44.9 Å². The van der Waals surface area contributed by atoms with Crippen molar-refractivity contribution in [1.82, 2.24) is 13.9 Å². The molecule has 0 aliphatic carbocycles. The number of rotatable bonds is 5. The van der Waals surface area contributed by atoms with Gasteiger partial charge >= 0.3 is 6.18 Å². The van der Waals surface area contributed by atoms with E-state index >= 15 is 0 Å². The fraction of sp³-hybridized carbons (Fsp3) is 0.474. The monoisotopic (exact) mass is 444 g/mol. The van der Waals surface area contributed by atoms with Crippen molar-refractivity contribution >= 4 is 21.6 Å². The molecule has 3 rings (SSSR count). The number of sulfonamides is 1. The van der Waals surface area contributed by atoms with E-state index in [1.807, 2.05) is 13.8 Å². The molecule has 30 heavy (non-hydrogen) atoms. The fourth-order valence-electron chi connectivity index (χ4n) is 3.26. The van der Waals surface area contributed by atoms with Crippen molar-refractivity contribution < 1.29 is 26.4 Å². The topological polar surface area (TPSA) is 84.3 Å². The zero-order valence-electron chi connectivity index (χ0n) is 16.6. The van der Waals surface area contributed by atoms with Crippen molar-refractivity contribution in [3.8, 4) is 0 Å². The summed E-state index contributed by atoms with van der Waals surface area (Å²) in [5.41, 5.74) is -0.848. The first kappa shape index (κ1) is 22.3. The molecule has 0 bridgehead atoms. The van der Waals surface area contributed by atoms with E-state index in [1.54, 1.807) is 4.57 Å². The number of piperidine rings is 1. The normalized spacial score (nSPS) is 18.5. The van der Waals surface area contributed by atoms with Crippen molar-refractivity contribution in [3.05, 3.63) is 42.4 Å². The first-order valence-electron chi connectivity index (χ1n) is 9.50. The third-order valence-corrected chi connectivity index (χ3v) is 6.74. The minimum atomic E-state index is -4.52. The molecule has 1 aromatic carbocycles. The van der Waals surface area contributed by atoms with E-state index < -0.39 is 33.6 Å². The Balaban J connectivity index is 1.72. The van der Waals surface area contributed by atoms with Crippen LogP contribution in [0.25, 0.3) is 0 Å². The average molecular weight is 444 g/mol. The number of halogens is 3. The molecule has 7 nitrogen and oxygen atoms in total. The van der Waals surface area contributed by atoms with Gasteiger partial charge in [0.15, 0.2) is 5.03 Å². The summed E-state index contributed by atoms with van der Waals surface area (Å²) in [6, 6.07) is 4.40. The molecule has 2 heterocycles. The quantitative estimate of drug-likeness (QED) is 0.765. The number of nitrogens with zero attached hydrogens (tertiary/aromatic N) is 3. The van der Waals surface area contributed by atoms with Crippen molar-refractivity contribution in [1.29, 1.82) is 0 Å². The van der Waals surface area contributed by atoms with Crippen molar-refractivity contribution in [3.63, 3.8) is 0 Å². The highest BCUT2D eigenvalue weighted by molar-refractivity contribution is 7.89. The van der Waals surface area contributed by atoms with Gasteiger partial charge in [-0.3, -0.25) is 4.79 Å². The maximum Gasteiger partial charge on any atom is 0.416 e. The first-order valence-corrected chi connectivity index (χ1v) is 10.9. The van der Waals surface area contributed by atoms with Gasteiger partial charge in [0.05, 0.1) is 17.8 Å². The molecule has 1 fully saturated rings. The highest BCUT2D eigenvalue weighted by Crippen LogP contribution is 2.31. The minimum Gasteiger partial charge on any atom is -0.334 e. The van der Waals surface area contributed by atoms with Gasteiger partial charge in [-0.15, -0.1) is 0 Å². The number of aromatic nitrogens is 2. The lowest BCUT2D eigenvalue weighted by molar-refractivity contribution is -0.137. The summed E-state index contributed by atoms with van der Waals surface area (Å²) < 4.78 is 67.3. The Morgan fingerprint density at radius 1 is 1.30 bits per heavy atom. The van der Waals surface area contributed by atoms with Crippen LogP contribution in [0.1, 0.15) is 38.3 Å². The predicted molar refractivity (Wildman–Crippen MR) is 104 cm³/mol. The Morgan fingerprint density at radius 3 is 2.67 bits per heavy atom. The molecule has 0 unspecified atom stereocenters. The Kier molecular flexibility index (Phi) is 6.23. The molecule has 1 aromatic heterocycles.